The van der Waals surface area contributed by atoms with Gasteiger partial charge in [-0.25, -0.2) is 0 Å². The first kappa shape index (κ1) is 25.7. The average molecular weight is 544 g/mol. The van der Waals surface area contributed by atoms with Crippen molar-refractivity contribution in [2.75, 3.05) is 23.4 Å². The Labute approximate surface area is 230 Å². The van der Waals surface area contributed by atoms with Gasteiger partial charge in [0.15, 0.2) is 0 Å². The fourth-order valence-corrected chi connectivity index (χ4v) is 6.04. The molecule has 3 amide bonds. The molecule has 1 fully saturated rings. The quantitative estimate of drug-likeness (QED) is 0.318. The van der Waals surface area contributed by atoms with Crippen LogP contribution in [-0.2, 0) is 14.4 Å². The lowest BCUT2D eigenvalue weighted by Gasteiger charge is -2.23. The van der Waals surface area contributed by atoms with Gasteiger partial charge in [0.1, 0.15) is 16.6 Å². The number of fused-ring (bicyclic) bond motifs is 1. The maximum Gasteiger partial charge on any atom is 0.267 e. The van der Waals surface area contributed by atoms with E-state index in [1.54, 1.807) is 47.4 Å². The van der Waals surface area contributed by atoms with Gasteiger partial charge in [0.2, 0.25) is 5.91 Å². The zero-order chi connectivity index (χ0) is 26.8. The summed E-state index contributed by atoms with van der Waals surface area (Å²) in [6.45, 7) is 4.16. The molecule has 2 heterocycles. The van der Waals surface area contributed by atoms with Gasteiger partial charge in [-0.1, -0.05) is 72.5 Å². The van der Waals surface area contributed by atoms with Gasteiger partial charge in [0, 0.05) is 11.3 Å². The third kappa shape index (κ3) is 4.82. The summed E-state index contributed by atoms with van der Waals surface area (Å²) >= 11 is 6.70. The highest BCUT2D eigenvalue weighted by Crippen LogP contribution is 2.46. The van der Waals surface area contributed by atoms with Crippen molar-refractivity contribution in [1.82, 2.24) is 4.90 Å². The fourth-order valence-electron chi connectivity index (χ4n) is 4.55. The summed E-state index contributed by atoms with van der Waals surface area (Å²) in [5.41, 5.74) is 3.00. The van der Waals surface area contributed by atoms with Crippen molar-refractivity contribution in [1.29, 1.82) is 0 Å². The molecule has 5 rings (SSSR count). The van der Waals surface area contributed by atoms with Crippen LogP contribution in [0.3, 0.4) is 0 Å². The number of carbonyl (C=O) groups excluding carboxylic acids is 3. The minimum Gasteiger partial charge on any atom is -0.494 e. The number of para-hydroxylation sites is 1. The number of benzene rings is 3. The van der Waals surface area contributed by atoms with Crippen molar-refractivity contribution in [3.63, 3.8) is 0 Å². The van der Waals surface area contributed by atoms with Crippen molar-refractivity contribution in [2.24, 2.45) is 0 Å². The van der Waals surface area contributed by atoms with E-state index in [0.717, 1.165) is 17.3 Å². The Kier molecular flexibility index (Phi) is 7.31. The maximum absolute atomic E-state index is 13.7. The summed E-state index contributed by atoms with van der Waals surface area (Å²) in [5.74, 6) is -0.363. The van der Waals surface area contributed by atoms with E-state index >= 15 is 0 Å². The first-order valence-electron chi connectivity index (χ1n) is 12.2. The third-order valence-electron chi connectivity index (χ3n) is 6.37. The van der Waals surface area contributed by atoms with Gasteiger partial charge < -0.3 is 10.1 Å². The van der Waals surface area contributed by atoms with Gasteiger partial charge in [-0.2, -0.15) is 0 Å². The molecule has 192 valence electrons. The van der Waals surface area contributed by atoms with E-state index in [-0.39, 0.29) is 34.9 Å². The van der Waals surface area contributed by atoms with Crippen LogP contribution in [0, 0.1) is 0 Å². The molecule has 0 spiro atoms. The highest BCUT2D eigenvalue weighted by molar-refractivity contribution is 8.26. The molecule has 0 bridgehead atoms. The van der Waals surface area contributed by atoms with Crippen molar-refractivity contribution in [2.45, 2.75) is 19.9 Å². The fraction of sp³-hybridized carbons (Fsp3) is 0.172. The topological polar surface area (TPSA) is 79.0 Å². The summed E-state index contributed by atoms with van der Waals surface area (Å²) < 4.78 is 5.83. The first-order chi connectivity index (χ1) is 18.4. The minimum absolute atomic E-state index is 0.201. The molecular formula is C29H25N3O4S2. The normalized spacial score (nSPS) is 17.6. The number of carbonyl (C=O) groups is 3. The van der Waals surface area contributed by atoms with Gasteiger partial charge >= 0.3 is 0 Å². The Morgan fingerprint density at radius 1 is 0.974 bits per heavy atom. The second kappa shape index (κ2) is 10.8. The number of rotatable bonds is 7. The largest absolute Gasteiger partial charge is 0.494 e. The second-order valence-corrected chi connectivity index (χ2v) is 10.4. The maximum atomic E-state index is 13.7. The van der Waals surface area contributed by atoms with Gasteiger partial charge in [-0.15, -0.1) is 0 Å². The molecule has 1 saturated heterocycles. The minimum atomic E-state index is -0.402. The SMILES string of the molecule is CCOc1ccc(NC(=O)CN2C(=O)/C(=C3\SC(=S)N(C(C)c4ccccc4)C3=O)c3ccccc32)cc1. The zero-order valence-electron chi connectivity index (χ0n) is 20.8. The standard InChI is InChI=1S/C29H25N3O4S2/c1-3-36-21-15-13-20(14-16-21)30-24(33)17-31-23-12-8-7-11-22(23)25(27(31)34)26-28(35)32(29(37)38-26)18(2)19-9-5-4-6-10-19/h4-16,18H,3,17H2,1-2H3,(H,30,33)/b26-25-. The van der Waals surface area contributed by atoms with Crippen LogP contribution in [0.2, 0.25) is 0 Å². The lowest BCUT2D eigenvalue weighted by atomic mass is 10.1. The Morgan fingerprint density at radius 3 is 2.37 bits per heavy atom. The predicted octanol–water partition coefficient (Wildman–Crippen LogP) is 5.40. The molecular weight excluding hydrogens is 518 g/mol. The van der Waals surface area contributed by atoms with Crippen LogP contribution in [0.25, 0.3) is 5.57 Å². The van der Waals surface area contributed by atoms with E-state index in [4.69, 9.17) is 17.0 Å². The van der Waals surface area contributed by atoms with Crippen LogP contribution in [0.4, 0.5) is 11.4 Å². The molecule has 3 aromatic carbocycles. The van der Waals surface area contributed by atoms with Crippen molar-refractivity contribution in [3.05, 3.63) is 94.9 Å². The number of nitrogens with one attached hydrogen (secondary N) is 1. The molecule has 1 atom stereocenters. The van der Waals surface area contributed by atoms with Crippen LogP contribution in [0.15, 0.2) is 83.8 Å². The van der Waals surface area contributed by atoms with E-state index in [1.165, 1.54) is 4.90 Å². The molecule has 0 aliphatic carbocycles. The molecule has 2 aliphatic heterocycles. The summed E-state index contributed by atoms with van der Waals surface area (Å²) in [6.07, 6.45) is 0. The van der Waals surface area contributed by atoms with Crippen LogP contribution in [-0.4, -0.2) is 40.1 Å². The smallest absolute Gasteiger partial charge is 0.267 e. The summed E-state index contributed by atoms with van der Waals surface area (Å²) in [5, 5.41) is 2.82. The molecule has 9 heteroatoms. The highest BCUT2D eigenvalue weighted by atomic mass is 32.2. The number of amides is 3. The molecule has 0 aromatic heterocycles. The van der Waals surface area contributed by atoms with Gasteiger partial charge in [-0.3, -0.25) is 24.2 Å². The molecule has 1 N–H and O–H groups in total. The summed E-state index contributed by atoms with van der Waals surface area (Å²) in [6, 6.07) is 23.5. The molecule has 0 saturated carbocycles. The predicted molar refractivity (Wildman–Crippen MR) is 154 cm³/mol. The van der Waals surface area contributed by atoms with Crippen molar-refractivity contribution < 1.29 is 19.1 Å². The molecule has 38 heavy (non-hydrogen) atoms. The van der Waals surface area contributed by atoms with Crippen molar-refractivity contribution >= 4 is 63.0 Å². The number of thioether (sulfide) groups is 1. The number of thiocarbonyl (C=S) groups is 1. The summed E-state index contributed by atoms with van der Waals surface area (Å²) in [4.78, 5) is 43.5. The highest BCUT2D eigenvalue weighted by Gasteiger charge is 2.43. The Bertz CT molecular complexity index is 1450. The lowest BCUT2D eigenvalue weighted by molar-refractivity contribution is -0.123. The van der Waals surface area contributed by atoms with E-state index < -0.39 is 5.91 Å². The van der Waals surface area contributed by atoms with E-state index in [2.05, 4.69) is 5.32 Å². The Balaban J connectivity index is 1.40. The first-order valence-corrected chi connectivity index (χ1v) is 13.4. The lowest BCUT2D eigenvalue weighted by Crippen LogP contribution is -2.35. The molecule has 7 nitrogen and oxygen atoms in total. The van der Waals surface area contributed by atoms with Crippen LogP contribution >= 0.6 is 24.0 Å². The monoisotopic (exact) mass is 543 g/mol. The molecule has 2 aliphatic rings. The molecule has 3 aromatic rings. The Morgan fingerprint density at radius 2 is 1.66 bits per heavy atom. The number of anilines is 2. The number of ether oxygens (including phenoxy) is 1. The van der Waals surface area contributed by atoms with Crippen LogP contribution in [0.5, 0.6) is 5.75 Å². The van der Waals surface area contributed by atoms with Gasteiger partial charge in [-0.05, 0) is 49.7 Å². The molecule has 1 unspecified atom stereocenters. The van der Waals surface area contributed by atoms with E-state index in [0.29, 0.717) is 33.6 Å². The summed E-state index contributed by atoms with van der Waals surface area (Å²) in [7, 11) is 0. The van der Waals surface area contributed by atoms with Crippen LogP contribution < -0.4 is 15.0 Å². The number of nitrogens with zero attached hydrogens (tertiary/aromatic N) is 2. The zero-order valence-corrected chi connectivity index (χ0v) is 22.5. The number of hydrogen-bond donors (Lipinski definition) is 1. The van der Waals surface area contributed by atoms with E-state index in [1.807, 2.05) is 50.2 Å². The molecule has 0 radical (unpaired) electrons. The number of hydrogen-bond acceptors (Lipinski definition) is 6. The van der Waals surface area contributed by atoms with Crippen molar-refractivity contribution in [3.8, 4) is 5.75 Å². The van der Waals surface area contributed by atoms with Crippen LogP contribution in [0.1, 0.15) is 31.0 Å². The van der Waals surface area contributed by atoms with Gasteiger partial charge in [0.05, 0.1) is 28.8 Å². The second-order valence-electron chi connectivity index (χ2n) is 8.75. The average Bonchev–Trinajstić information content (AvgIpc) is 3.36. The third-order valence-corrected chi connectivity index (χ3v) is 7.77. The van der Waals surface area contributed by atoms with Gasteiger partial charge in [0.25, 0.3) is 11.8 Å². The van der Waals surface area contributed by atoms with E-state index in [9.17, 15) is 14.4 Å². The Hall–Kier alpha value is -3.95.